The fraction of sp³-hybridized carbons (Fsp3) is 0.909. The molecule has 0 bridgehead atoms. The zero-order valence-electron chi connectivity index (χ0n) is 14.0. The van der Waals surface area contributed by atoms with Gasteiger partial charge in [0.2, 0.25) is 0 Å². The predicted octanol–water partition coefficient (Wildman–Crippen LogP) is -4.63. The van der Waals surface area contributed by atoms with E-state index in [-0.39, 0.29) is 18.6 Å². The number of nitrogens with zero attached hydrogens (tertiary/aromatic N) is 1. The second-order valence-electron chi connectivity index (χ2n) is 6.60. The van der Waals surface area contributed by atoms with Crippen molar-refractivity contribution >= 4 is 22.2 Å². The van der Waals surface area contributed by atoms with E-state index < -0.39 is 53.5 Å². The van der Waals surface area contributed by atoms with Crippen LogP contribution in [-0.2, 0) is 18.6 Å². The molecule has 0 spiro atoms. The van der Waals surface area contributed by atoms with Crippen LogP contribution in [0.4, 0.5) is 0 Å². The molecule has 3 aliphatic heterocycles. The number of piperidine rings is 1. The number of aliphatic hydroxyl groups is 1. The molecule has 16 heteroatoms. The van der Waals surface area contributed by atoms with Gasteiger partial charge in [0, 0.05) is 0 Å². The third-order valence-electron chi connectivity index (χ3n) is 4.70. The number of hydrogen-bond donors (Lipinski definition) is 9. The van der Waals surface area contributed by atoms with Gasteiger partial charge < -0.3 is 0 Å². The monoisotopic (exact) mass is 437 g/mol. The third kappa shape index (κ3) is 5.07. The molecular formula is C11H25N3O11P2. The van der Waals surface area contributed by atoms with Gasteiger partial charge in [-0.05, 0) is 0 Å². The van der Waals surface area contributed by atoms with E-state index in [4.69, 9.17) is 23.9 Å². The van der Waals surface area contributed by atoms with Gasteiger partial charge in [0.25, 0.3) is 0 Å². The number of carbonyl (C=O) groups is 1. The van der Waals surface area contributed by atoms with Crippen LogP contribution in [0.5, 0.6) is 0 Å². The van der Waals surface area contributed by atoms with Crippen LogP contribution in [0.1, 0.15) is 6.42 Å². The van der Waals surface area contributed by atoms with E-state index in [0.29, 0.717) is 13.0 Å². The van der Waals surface area contributed by atoms with Crippen molar-refractivity contribution in [1.82, 2.24) is 15.5 Å². The fourth-order valence-corrected chi connectivity index (χ4v) is 4.67. The molecule has 0 radical (unpaired) electrons. The quantitative estimate of drug-likeness (QED) is 0.179. The Labute approximate surface area is 154 Å². The molecule has 0 aromatic rings. The summed E-state index contributed by atoms with van der Waals surface area (Å²) >= 11 is 0. The van der Waals surface area contributed by atoms with E-state index in [2.05, 4.69) is 15.2 Å². The molecule has 27 heavy (non-hydrogen) atoms. The molecule has 6 atom stereocenters. The molecule has 0 aromatic heterocycles. The molecule has 14 nitrogen and oxygen atoms in total. The van der Waals surface area contributed by atoms with E-state index in [1.807, 2.05) is 0 Å². The summed E-state index contributed by atoms with van der Waals surface area (Å²) in [5.41, 5.74) is 0. The maximum atomic E-state index is 11.9. The first-order valence-corrected chi connectivity index (χ1v) is 11.7. The average Bonchev–Trinajstić information content (AvgIpc) is 3.07. The molecule has 6 unspecified atom stereocenters. The number of fused-ring (bicyclic) bond motifs is 1. The number of hydrogen-bond acceptors (Lipinski definition) is 13. The molecule has 3 rings (SSSR count). The maximum absolute atomic E-state index is 11.9. The second-order valence-corrected chi connectivity index (χ2v) is 9.42. The van der Waals surface area contributed by atoms with Crippen LogP contribution >= 0.6 is 16.3 Å². The Hall–Kier alpha value is -0.150. The summed E-state index contributed by atoms with van der Waals surface area (Å²) < 4.78 is 14.9. The molecule has 0 aliphatic carbocycles. The van der Waals surface area contributed by atoms with E-state index in [0.717, 1.165) is 0 Å². The van der Waals surface area contributed by atoms with Crippen molar-refractivity contribution in [1.29, 1.82) is 0 Å². The summed E-state index contributed by atoms with van der Waals surface area (Å²) in [5.74, 6) is -0.196. The molecule has 0 saturated carbocycles. The van der Waals surface area contributed by atoms with Crippen molar-refractivity contribution in [2.75, 3.05) is 19.8 Å². The first kappa shape index (κ1) is 21.6. The summed E-state index contributed by atoms with van der Waals surface area (Å²) in [4.78, 5) is 68.2. The van der Waals surface area contributed by atoms with E-state index in [1.54, 1.807) is 4.90 Å². The van der Waals surface area contributed by atoms with Crippen LogP contribution in [0.15, 0.2) is 0 Å². The number of carbonyl (C=O) groups excluding carboxylic acids is 1. The average molecular weight is 437 g/mol. The molecule has 9 N–H and O–H groups in total. The van der Waals surface area contributed by atoms with Crippen molar-refractivity contribution in [2.45, 2.75) is 43.0 Å². The Bertz CT molecular complexity index is 559. The van der Waals surface area contributed by atoms with Crippen LogP contribution in [0, 0.1) is 0 Å². The number of rotatable bonds is 6. The zero-order valence-corrected chi connectivity index (χ0v) is 16.0. The van der Waals surface area contributed by atoms with Gasteiger partial charge in [-0.1, -0.05) is 0 Å². The number of ether oxygens (including phenoxy) is 1. The Morgan fingerprint density at radius 2 is 1.89 bits per heavy atom. The van der Waals surface area contributed by atoms with Crippen LogP contribution in [0.2, 0.25) is 0 Å². The Morgan fingerprint density at radius 3 is 2.52 bits per heavy atom. The molecule has 3 heterocycles. The zero-order chi connectivity index (χ0) is 20.0. The number of nitrogens with one attached hydrogen (secondary N) is 2. The Kier molecular flexibility index (Phi) is 6.34. The van der Waals surface area contributed by atoms with Crippen molar-refractivity contribution in [3.05, 3.63) is 0 Å². The van der Waals surface area contributed by atoms with Crippen molar-refractivity contribution in [3.8, 4) is 0 Å². The molecule has 3 saturated heterocycles. The SMILES string of the molecule is O=C1NCCC2C1NCN2C1OC(CO[PH](O)(O)O)C(O[PH](O)(O)O)C1O. The van der Waals surface area contributed by atoms with Gasteiger partial charge in [0.05, 0.1) is 0 Å². The van der Waals surface area contributed by atoms with Crippen molar-refractivity contribution in [3.63, 3.8) is 0 Å². The van der Waals surface area contributed by atoms with Crippen LogP contribution in [0.25, 0.3) is 0 Å². The summed E-state index contributed by atoms with van der Waals surface area (Å²) in [7, 11) is -9.96. The first-order valence-electron chi connectivity index (χ1n) is 8.22. The van der Waals surface area contributed by atoms with Gasteiger partial charge in [-0.25, -0.2) is 0 Å². The summed E-state index contributed by atoms with van der Waals surface area (Å²) in [6, 6.07) is -0.821. The molecule has 0 aromatic carbocycles. The van der Waals surface area contributed by atoms with Gasteiger partial charge in [-0.15, -0.1) is 0 Å². The van der Waals surface area contributed by atoms with Gasteiger partial charge in [0.15, 0.2) is 0 Å². The molecule has 1 amide bonds. The minimum atomic E-state index is -5.07. The summed E-state index contributed by atoms with van der Waals surface area (Å²) in [6.45, 7) is -0.0429. The van der Waals surface area contributed by atoms with Crippen LogP contribution < -0.4 is 10.6 Å². The number of aliphatic hydroxyl groups excluding tert-OH is 1. The molecule has 3 aliphatic rings. The molecular weight excluding hydrogens is 412 g/mol. The van der Waals surface area contributed by atoms with Gasteiger partial charge in [-0.3, -0.25) is 0 Å². The second kappa shape index (κ2) is 7.94. The fourth-order valence-electron chi connectivity index (χ4n) is 3.63. The normalized spacial score (nSPS) is 39.3. The topological polar surface area (TPSA) is 214 Å². The predicted molar refractivity (Wildman–Crippen MR) is 90.5 cm³/mol. The molecule has 160 valence electrons. The summed E-state index contributed by atoms with van der Waals surface area (Å²) in [5, 5.41) is 16.3. The Balaban J connectivity index is 1.75. The van der Waals surface area contributed by atoms with Crippen LogP contribution in [-0.4, -0.2) is 102 Å². The van der Waals surface area contributed by atoms with E-state index in [9.17, 15) is 24.6 Å². The number of amides is 1. The summed E-state index contributed by atoms with van der Waals surface area (Å²) in [6.07, 6.45) is -4.75. The van der Waals surface area contributed by atoms with Crippen LogP contribution in [0.3, 0.4) is 0 Å². The Morgan fingerprint density at radius 1 is 1.19 bits per heavy atom. The van der Waals surface area contributed by atoms with E-state index >= 15 is 0 Å². The van der Waals surface area contributed by atoms with Gasteiger partial charge in [-0.2, -0.15) is 0 Å². The molecule has 3 fully saturated rings. The van der Waals surface area contributed by atoms with Gasteiger partial charge in [0.1, 0.15) is 0 Å². The van der Waals surface area contributed by atoms with Gasteiger partial charge >= 0.3 is 154 Å². The standard InChI is InChI=1S/C11H25N3O11P2/c15-8-9(25-27(20,21)22)6(3-23-26(17,18)19)24-11(8)14-4-13-7-5(14)1-2-12-10(7)16/h5-9,11,13,15,17-22,26-27H,1-4H2,(H,12,16). The minimum absolute atomic E-state index is 0.184. The first-order chi connectivity index (χ1) is 12.5. The van der Waals surface area contributed by atoms with Crippen molar-refractivity contribution in [2.24, 2.45) is 0 Å². The third-order valence-corrected chi connectivity index (χ3v) is 5.84. The van der Waals surface area contributed by atoms with E-state index in [1.165, 1.54) is 0 Å². The van der Waals surface area contributed by atoms with Crippen molar-refractivity contribution < 1.29 is 53.0 Å².